The fourth-order valence-corrected chi connectivity index (χ4v) is 3.98. The van der Waals surface area contributed by atoms with E-state index in [0.717, 1.165) is 41.8 Å². The first-order chi connectivity index (χ1) is 14.9. The summed E-state index contributed by atoms with van der Waals surface area (Å²) in [6.45, 7) is 10.3. The van der Waals surface area contributed by atoms with Gasteiger partial charge < -0.3 is 20.1 Å². The molecule has 0 saturated heterocycles. The smallest absolute Gasteiger partial charge is 0.253 e. The van der Waals surface area contributed by atoms with Crippen molar-refractivity contribution in [2.45, 2.75) is 27.3 Å². The summed E-state index contributed by atoms with van der Waals surface area (Å²) >= 11 is 11.8. The van der Waals surface area contributed by atoms with Crippen LogP contribution in [-0.2, 0) is 6.54 Å². The average molecular weight is 457 g/mol. The van der Waals surface area contributed by atoms with Gasteiger partial charge in [-0.2, -0.15) is 0 Å². The highest BCUT2D eigenvalue weighted by Gasteiger charge is 2.15. The Morgan fingerprint density at radius 1 is 1.10 bits per heavy atom. The number of anilines is 1. The highest BCUT2D eigenvalue weighted by molar-refractivity contribution is 7.80. The molecule has 3 rings (SSSR count). The van der Waals surface area contributed by atoms with Gasteiger partial charge in [0.1, 0.15) is 0 Å². The number of hydrogen-bond donors (Lipinski definition) is 2. The number of pyridine rings is 1. The van der Waals surface area contributed by atoms with E-state index in [-0.39, 0.29) is 5.56 Å². The van der Waals surface area contributed by atoms with Gasteiger partial charge in [0, 0.05) is 34.9 Å². The Kier molecular flexibility index (Phi) is 8.07. The van der Waals surface area contributed by atoms with Gasteiger partial charge in [0.05, 0.1) is 6.54 Å². The minimum absolute atomic E-state index is 0.0882. The summed E-state index contributed by atoms with van der Waals surface area (Å²) in [6.07, 6.45) is 0. The molecule has 2 aromatic carbocycles. The molecule has 1 aromatic heterocycles. The number of nitrogens with one attached hydrogen (secondary N) is 2. The predicted molar refractivity (Wildman–Crippen MR) is 135 cm³/mol. The van der Waals surface area contributed by atoms with Gasteiger partial charge in [-0.05, 0) is 74.0 Å². The van der Waals surface area contributed by atoms with E-state index in [1.165, 1.54) is 0 Å². The zero-order valence-electron chi connectivity index (χ0n) is 18.2. The van der Waals surface area contributed by atoms with E-state index < -0.39 is 0 Å². The number of hydrogen-bond acceptors (Lipinski definition) is 3. The van der Waals surface area contributed by atoms with Crippen LogP contribution in [0.2, 0.25) is 5.02 Å². The maximum atomic E-state index is 12.8. The number of aryl methyl sites for hydroxylation is 1. The molecule has 0 bridgehead atoms. The van der Waals surface area contributed by atoms with Gasteiger partial charge in [-0.1, -0.05) is 43.1 Å². The van der Waals surface area contributed by atoms with Crippen molar-refractivity contribution in [3.63, 3.8) is 0 Å². The van der Waals surface area contributed by atoms with Gasteiger partial charge in [0.15, 0.2) is 5.11 Å². The fourth-order valence-electron chi connectivity index (χ4n) is 3.52. The number of rotatable bonds is 8. The molecule has 31 heavy (non-hydrogen) atoms. The van der Waals surface area contributed by atoms with Gasteiger partial charge >= 0.3 is 0 Å². The summed E-state index contributed by atoms with van der Waals surface area (Å²) in [5.74, 6) is 0. The Hall–Kier alpha value is -2.41. The van der Waals surface area contributed by atoms with E-state index in [2.05, 4.69) is 35.1 Å². The highest BCUT2D eigenvalue weighted by Crippen LogP contribution is 2.17. The topological polar surface area (TPSA) is 51.4 Å². The summed E-state index contributed by atoms with van der Waals surface area (Å²) < 4.78 is 0. The maximum absolute atomic E-state index is 12.8. The van der Waals surface area contributed by atoms with Crippen LogP contribution in [-0.4, -0.2) is 46.1 Å². The molecule has 0 aliphatic carbocycles. The van der Waals surface area contributed by atoms with Gasteiger partial charge in [-0.15, -0.1) is 0 Å². The molecule has 0 saturated carbocycles. The molecule has 0 atom stereocenters. The number of likely N-dealkylation sites (N-methyl/N-ethyl adjacent to an activating group) is 1. The lowest BCUT2D eigenvalue weighted by molar-refractivity contribution is 0.266. The number of halogens is 1. The molecule has 0 aliphatic heterocycles. The molecule has 0 spiro atoms. The molecule has 2 N–H and O–H groups in total. The lowest BCUT2D eigenvalue weighted by Crippen LogP contribution is -2.41. The first kappa shape index (κ1) is 23.3. The number of thiocarbonyl (C=S) groups is 1. The molecule has 0 amide bonds. The van der Waals surface area contributed by atoms with Gasteiger partial charge in [0.2, 0.25) is 0 Å². The van der Waals surface area contributed by atoms with Crippen LogP contribution in [0.25, 0.3) is 10.9 Å². The third-order valence-electron chi connectivity index (χ3n) is 5.38. The summed E-state index contributed by atoms with van der Waals surface area (Å²) in [5, 5.41) is 5.50. The lowest BCUT2D eigenvalue weighted by Gasteiger charge is -2.29. The Bertz CT molecular complexity index is 1110. The molecular weight excluding hydrogens is 428 g/mol. The van der Waals surface area contributed by atoms with E-state index in [1.54, 1.807) is 0 Å². The number of fused-ring (bicyclic) bond motifs is 1. The molecule has 5 nitrogen and oxygen atoms in total. The van der Waals surface area contributed by atoms with Crippen molar-refractivity contribution < 1.29 is 0 Å². The van der Waals surface area contributed by atoms with E-state index >= 15 is 0 Å². The molecule has 3 aromatic rings. The van der Waals surface area contributed by atoms with Gasteiger partial charge in [-0.25, -0.2) is 0 Å². The van der Waals surface area contributed by atoms with E-state index in [9.17, 15) is 4.79 Å². The second-order valence-electron chi connectivity index (χ2n) is 7.60. The standard InChI is InChI=1S/C24H29ClN4OS/c1-4-28(5-2)11-12-29(24(31)26-21-8-6-7-20(25)15-21)16-19-14-18-13-17(3)9-10-22(18)27-23(19)30/h6-10,13-15H,4-5,11-12,16H2,1-3H3,(H,26,31)(H,27,30). The van der Waals surface area contributed by atoms with Crippen molar-refractivity contribution in [1.82, 2.24) is 14.8 Å². The van der Waals surface area contributed by atoms with Crippen LogP contribution in [0.4, 0.5) is 5.69 Å². The SMILES string of the molecule is CCN(CC)CCN(Cc1cc2cc(C)ccc2[nH]c1=O)C(=S)Nc1cccc(Cl)c1. The number of aromatic nitrogens is 1. The molecule has 164 valence electrons. The van der Waals surface area contributed by atoms with Crippen LogP contribution in [0.1, 0.15) is 25.0 Å². The molecular formula is C24H29ClN4OS. The third kappa shape index (κ3) is 6.29. The van der Waals surface area contributed by atoms with Crippen LogP contribution in [0.5, 0.6) is 0 Å². The molecule has 0 fully saturated rings. The average Bonchev–Trinajstić information content (AvgIpc) is 2.74. The first-order valence-corrected chi connectivity index (χ1v) is 11.3. The van der Waals surface area contributed by atoms with Crippen molar-refractivity contribution in [3.05, 3.63) is 75.0 Å². The van der Waals surface area contributed by atoms with Crippen LogP contribution < -0.4 is 10.9 Å². The second kappa shape index (κ2) is 10.8. The molecule has 1 heterocycles. The normalized spacial score (nSPS) is 11.1. The minimum atomic E-state index is -0.0882. The molecule has 0 aliphatic rings. The molecule has 0 radical (unpaired) electrons. The summed E-state index contributed by atoms with van der Waals surface area (Å²) in [4.78, 5) is 20.1. The molecule has 0 unspecified atom stereocenters. The van der Waals surface area contributed by atoms with Crippen LogP contribution in [0.3, 0.4) is 0 Å². The quantitative estimate of drug-likeness (QED) is 0.465. The van der Waals surface area contributed by atoms with E-state index in [0.29, 0.717) is 28.8 Å². The fraction of sp³-hybridized carbons (Fsp3) is 0.333. The van der Waals surface area contributed by atoms with E-state index in [4.69, 9.17) is 23.8 Å². The number of H-pyrrole nitrogens is 1. The first-order valence-electron chi connectivity index (χ1n) is 10.6. The van der Waals surface area contributed by atoms with Crippen LogP contribution in [0.15, 0.2) is 53.3 Å². The zero-order chi connectivity index (χ0) is 22.4. The van der Waals surface area contributed by atoms with Gasteiger partial charge in [0.25, 0.3) is 5.56 Å². The largest absolute Gasteiger partial charge is 0.343 e. The highest BCUT2D eigenvalue weighted by atomic mass is 35.5. The third-order valence-corrected chi connectivity index (χ3v) is 5.98. The summed E-state index contributed by atoms with van der Waals surface area (Å²) in [7, 11) is 0. The number of aromatic amines is 1. The van der Waals surface area contributed by atoms with Crippen molar-refractivity contribution >= 4 is 45.5 Å². The Balaban J connectivity index is 1.86. The Morgan fingerprint density at radius 2 is 1.87 bits per heavy atom. The molecule has 7 heteroatoms. The minimum Gasteiger partial charge on any atom is -0.343 e. The second-order valence-corrected chi connectivity index (χ2v) is 8.43. The van der Waals surface area contributed by atoms with Crippen molar-refractivity contribution in [2.75, 3.05) is 31.5 Å². The maximum Gasteiger partial charge on any atom is 0.253 e. The van der Waals surface area contributed by atoms with Crippen LogP contribution >= 0.6 is 23.8 Å². The van der Waals surface area contributed by atoms with Gasteiger partial charge in [-0.3, -0.25) is 4.79 Å². The zero-order valence-corrected chi connectivity index (χ0v) is 19.8. The van der Waals surface area contributed by atoms with Crippen molar-refractivity contribution in [3.8, 4) is 0 Å². The number of benzene rings is 2. The number of nitrogens with zero attached hydrogens (tertiary/aromatic N) is 2. The van der Waals surface area contributed by atoms with Crippen molar-refractivity contribution in [1.29, 1.82) is 0 Å². The van der Waals surface area contributed by atoms with E-state index in [1.807, 2.05) is 54.3 Å². The summed E-state index contributed by atoms with van der Waals surface area (Å²) in [6, 6.07) is 15.5. The summed E-state index contributed by atoms with van der Waals surface area (Å²) in [5.41, 5.74) is 3.42. The monoisotopic (exact) mass is 456 g/mol. The predicted octanol–water partition coefficient (Wildman–Crippen LogP) is 5.03. The Labute approximate surface area is 194 Å². The van der Waals surface area contributed by atoms with Crippen LogP contribution in [0, 0.1) is 6.92 Å². The van der Waals surface area contributed by atoms with Crippen molar-refractivity contribution in [2.24, 2.45) is 0 Å². The Morgan fingerprint density at radius 3 is 2.58 bits per heavy atom. The lowest BCUT2D eigenvalue weighted by atomic mass is 10.1.